The molecule has 0 unspecified atom stereocenters. The molecule has 32 heavy (non-hydrogen) atoms. The molecule has 3 aromatic heterocycles. The highest BCUT2D eigenvalue weighted by Gasteiger charge is 2.32. The number of alkyl halides is 3. The summed E-state index contributed by atoms with van der Waals surface area (Å²) in [5.41, 5.74) is 0.0500. The van der Waals surface area contributed by atoms with Crippen molar-refractivity contribution in [3.63, 3.8) is 0 Å². The van der Waals surface area contributed by atoms with Crippen LogP contribution in [0.5, 0.6) is 5.88 Å². The van der Waals surface area contributed by atoms with Crippen molar-refractivity contribution in [3.05, 3.63) is 47.7 Å². The normalized spacial score (nSPS) is 16.1. The predicted octanol–water partition coefficient (Wildman–Crippen LogP) is 3.39. The largest absolute Gasteiger partial charge is 0.473 e. The number of nitrogens with one attached hydrogen (secondary N) is 3. The fourth-order valence-corrected chi connectivity index (χ4v) is 3.80. The van der Waals surface area contributed by atoms with Crippen molar-refractivity contribution in [1.82, 2.24) is 24.6 Å². The molecule has 168 valence electrons. The molecule has 4 heterocycles. The van der Waals surface area contributed by atoms with Gasteiger partial charge < -0.3 is 20.7 Å². The third-order valence-electron chi connectivity index (χ3n) is 4.57. The van der Waals surface area contributed by atoms with Gasteiger partial charge in [-0.2, -0.15) is 17.5 Å². The second-order valence-electron chi connectivity index (χ2n) is 6.95. The van der Waals surface area contributed by atoms with Gasteiger partial charge in [0.1, 0.15) is 16.9 Å². The zero-order valence-electron chi connectivity index (χ0n) is 16.7. The predicted molar refractivity (Wildman–Crippen MR) is 111 cm³/mol. The second-order valence-corrected chi connectivity index (χ2v) is 7.73. The summed E-state index contributed by atoms with van der Waals surface area (Å²) >= 11 is 0.986. The monoisotopic (exact) mass is 465 g/mol. The summed E-state index contributed by atoms with van der Waals surface area (Å²) in [5, 5.41) is 9.07. The van der Waals surface area contributed by atoms with Gasteiger partial charge in [0.25, 0.3) is 5.91 Å². The van der Waals surface area contributed by atoms with E-state index in [2.05, 4.69) is 35.3 Å². The molecule has 0 bridgehead atoms. The van der Waals surface area contributed by atoms with E-state index in [1.54, 1.807) is 19.1 Å². The van der Waals surface area contributed by atoms with E-state index in [9.17, 15) is 18.0 Å². The van der Waals surface area contributed by atoms with Gasteiger partial charge in [0.2, 0.25) is 5.88 Å². The molecule has 13 heteroatoms. The fourth-order valence-electron chi connectivity index (χ4n) is 2.99. The number of amides is 1. The Kier molecular flexibility index (Phi) is 6.19. The van der Waals surface area contributed by atoms with E-state index in [4.69, 9.17) is 4.74 Å². The maximum atomic E-state index is 12.8. The second kappa shape index (κ2) is 9.04. The summed E-state index contributed by atoms with van der Waals surface area (Å²) in [6.45, 7) is 3.32. The Balaban J connectivity index is 1.43. The lowest BCUT2D eigenvalue weighted by atomic mass is 10.2. The average molecular weight is 465 g/mol. The average Bonchev–Trinajstić information content (AvgIpc) is 3.39. The number of pyridine rings is 1. The smallest absolute Gasteiger partial charge is 0.434 e. The number of halogens is 3. The molecule has 0 spiro atoms. The molecule has 0 radical (unpaired) electrons. The van der Waals surface area contributed by atoms with Gasteiger partial charge in [0.15, 0.2) is 5.69 Å². The number of ether oxygens (including phenoxy) is 1. The summed E-state index contributed by atoms with van der Waals surface area (Å²) < 4.78 is 47.9. The van der Waals surface area contributed by atoms with E-state index in [1.165, 1.54) is 6.20 Å². The first-order valence-corrected chi connectivity index (χ1v) is 10.3. The number of anilines is 3. The van der Waals surface area contributed by atoms with E-state index in [0.717, 1.165) is 37.2 Å². The molecule has 1 fully saturated rings. The van der Waals surface area contributed by atoms with Crippen molar-refractivity contribution in [2.45, 2.75) is 25.6 Å². The van der Waals surface area contributed by atoms with E-state index in [-0.39, 0.29) is 17.5 Å². The number of aromatic nitrogens is 4. The van der Waals surface area contributed by atoms with Gasteiger partial charge in [-0.05, 0) is 37.5 Å². The van der Waals surface area contributed by atoms with Crippen LogP contribution in [0.1, 0.15) is 28.2 Å². The number of hydrogen-bond acceptors (Lipinski definition) is 9. The SMILES string of the molecule is Cc1nsc(Nc2cnc(C(F)(F)F)cn2)c1C(=O)Nc1ccc(O[C@@H]2CCNC2)nc1. The van der Waals surface area contributed by atoms with Crippen molar-refractivity contribution in [2.75, 3.05) is 23.7 Å². The van der Waals surface area contributed by atoms with Crippen molar-refractivity contribution in [2.24, 2.45) is 0 Å². The molecule has 3 N–H and O–H groups in total. The van der Waals surface area contributed by atoms with Crippen molar-refractivity contribution in [3.8, 4) is 5.88 Å². The zero-order valence-corrected chi connectivity index (χ0v) is 17.5. The summed E-state index contributed by atoms with van der Waals surface area (Å²) in [5.74, 6) is 0.0719. The summed E-state index contributed by atoms with van der Waals surface area (Å²) in [4.78, 5) is 24.1. The lowest BCUT2D eigenvalue weighted by Crippen LogP contribution is -2.20. The Morgan fingerprint density at radius 2 is 2.06 bits per heavy atom. The zero-order chi connectivity index (χ0) is 22.7. The van der Waals surface area contributed by atoms with Crippen LogP contribution in [-0.2, 0) is 6.18 Å². The number of rotatable bonds is 6. The van der Waals surface area contributed by atoms with Crippen LogP contribution in [0.4, 0.5) is 29.7 Å². The minimum atomic E-state index is -4.58. The van der Waals surface area contributed by atoms with Crippen LogP contribution in [-0.4, -0.2) is 44.4 Å². The highest BCUT2D eigenvalue weighted by molar-refractivity contribution is 7.10. The van der Waals surface area contributed by atoms with E-state index >= 15 is 0 Å². The first-order chi connectivity index (χ1) is 15.3. The standard InChI is InChI=1S/C19H18F3N7O2S/c1-10-16(18(32-29-10)28-14-9-24-13(8-25-14)19(20,21)22)17(30)27-11-2-3-15(26-6-11)31-12-4-5-23-7-12/h2-3,6,8-9,12,23H,4-5,7H2,1H3,(H,25,28)(H,27,30)/t12-/m1/s1. The third-order valence-corrected chi connectivity index (χ3v) is 5.42. The van der Waals surface area contributed by atoms with Crippen molar-refractivity contribution < 1.29 is 22.7 Å². The van der Waals surface area contributed by atoms with Gasteiger partial charge in [0.05, 0.1) is 35.5 Å². The topological polar surface area (TPSA) is 114 Å². The number of hydrogen-bond donors (Lipinski definition) is 3. The van der Waals surface area contributed by atoms with Gasteiger partial charge >= 0.3 is 6.18 Å². The van der Waals surface area contributed by atoms with Crippen molar-refractivity contribution >= 4 is 33.9 Å². The molecule has 3 aromatic rings. The maximum Gasteiger partial charge on any atom is 0.434 e. The Labute approximate surface area is 184 Å². The Bertz CT molecular complexity index is 1080. The van der Waals surface area contributed by atoms with Crippen LogP contribution >= 0.6 is 11.5 Å². The molecule has 0 aliphatic carbocycles. The van der Waals surface area contributed by atoms with Crippen molar-refractivity contribution in [1.29, 1.82) is 0 Å². The first kappa shape index (κ1) is 21.9. The van der Waals surface area contributed by atoms with Crippen LogP contribution in [0, 0.1) is 6.92 Å². The van der Waals surface area contributed by atoms with Gasteiger partial charge in [0, 0.05) is 12.6 Å². The maximum absolute atomic E-state index is 12.8. The molecule has 1 aliphatic heterocycles. The van der Waals surface area contributed by atoms with Crippen LogP contribution in [0.3, 0.4) is 0 Å². The molecule has 1 aliphatic rings. The van der Waals surface area contributed by atoms with E-state index < -0.39 is 17.8 Å². The summed E-state index contributed by atoms with van der Waals surface area (Å²) in [7, 11) is 0. The molecule has 4 rings (SSSR count). The molecule has 0 aromatic carbocycles. The molecule has 0 saturated carbocycles. The molecule has 1 saturated heterocycles. The third kappa shape index (κ3) is 5.11. The van der Waals surface area contributed by atoms with Crippen LogP contribution < -0.4 is 20.7 Å². The lowest BCUT2D eigenvalue weighted by Gasteiger charge is -2.12. The van der Waals surface area contributed by atoms with Crippen LogP contribution in [0.2, 0.25) is 0 Å². The number of carbonyl (C=O) groups is 1. The fraction of sp³-hybridized carbons (Fsp3) is 0.316. The molecular formula is C19H18F3N7O2S. The lowest BCUT2D eigenvalue weighted by molar-refractivity contribution is -0.141. The molecule has 9 nitrogen and oxygen atoms in total. The van der Waals surface area contributed by atoms with Crippen LogP contribution in [0.25, 0.3) is 0 Å². The van der Waals surface area contributed by atoms with E-state index in [0.29, 0.717) is 28.5 Å². The van der Waals surface area contributed by atoms with E-state index in [1.807, 2.05) is 0 Å². The Morgan fingerprint density at radius 1 is 1.22 bits per heavy atom. The molecule has 1 atom stereocenters. The summed E-state index contributed by atoms with van der Waals surface area (Å²) in [6.07, 6.45) is -0.553. The number of nitrogens with zero attached hydrogens (tertiary/aromatic N) is 4. The van der Waals surface area contributed by atoms with Gasteiger partial charge in [-0.1, -0.05) is 0 Å². The minimum Gasteiger partial charge on any atom is -0.473 e. The quantitative estimate of drug-likeness (QED) is 0.508. The molecule has 1 amide bonds. The first-order valence-electron chi connectivity index (χ1n) is 9.57. The van der Waals surface area contributed by atoms with Gasteiger partial charge in [-0.15, -0.1) is 0 Å². The number of aryl methyl sites for hydroxylation is 1. The van der Waals surface area contributed by atoms with Crippen LogP contribution in [0.15, 0.2) is 30.7 Å². The number of carbonyl (C=O) groups excluding carboxylic acids is 1. The Hall–Kier alpha value is -3.32. The summed E-state index contributed by atoms with van der Waals surface area (Å²) in [6, 6.07) is 3.34. The Morgan fingerprint density at radius 3 is 2.69 bits per heavy atom. The highest BCUT2D eigenvalue weighted by Crippen LogP contribution is 2.30. The van der Waals surface area contributed by atoms with Gasteiger partial charge in [-0.3, -0.25) is 4.79 Å². The highest BCUT2D eigenvalue weighted by atomic mass is 32.1. The minimum absolute atomic E-state index is 0.0558. The van der Waals surface area contributed by atoms with Gasteiger partial charge in [-0.25, -0.2) is 15.0 Å². The molecular weight excluding hydrogens is 447 g/mol.